The summed E-state index contributed by atoms with van der Waals surface area (Å²) >= 11 is 0. The Bertz CT molecular complexity index is 898. The molecule has 6 nitrogen and oxygen atoms in total. The van der Waals surface area contributed by atoms with Crippen LogP contribution in [0.25, 0.3) is 0 Å². The van der Waals surface area contributed by atoms with E-state index in [1.165, 1.54) is 24.3 Å². The average molecular weight is 436 g/mol. The molecule has 0 saturated heterocycles. The standard InChI is InChI=1S/C22H23F3N2O4/c1-30-16-11-7-15(8-12-16)20(28)27-19-4-2-3-18(19)21(29)26-13-14-5-9-17(10-6-14)31-22(23,24)25/h5-12,18-19H,2-4,13H2,1H3,(H,26,29)(H,27,28)/t18-,19+/m0/s1. The van der Waals surface area contributed by atoms with E-state index in [1.807, 2.05) is 0 Å². The molecule has 1 saturated carbocycles. The molecule has 0 radical (unpaired) electrons. The maximum atomic E-state index is 12.6. The van der Waals surface area contributed by atoms with E-state index in [1.54, 1.807) is 31.4 Å². The molecule has 2 aromatic rings. The predicted molar refractivity (Wildman–Crippen MR) is 107 cm³/mol. The van der Waals surface area contributed by atoms with Crippen molar-refractivity contribution < 1.29 is 32.2 Å². The first-order valence-electron chi connectivity index (χ1n) is 9.82. The largest absolute Gasteiger partial charge is 0.573 e. The molecule has 2 amide bonds. The van der Waals surface area contributed by atoms with Crippen LogP contribution in [0.4, 0.5) is 13.2 Å². The van der Waals surface area contributed by atoms with Crippen molar-refractivity contribution in [1.82, 2.24) is 10.6 Å². The van der Waals surface area contributed by atoms with Crippen molar-refractivity contribution in [1.29, 1.82) is 0 Å². The summed E-state index contributed by atoms with van der Waals surface area (Å²) in [5.41, 5.74) is 1.12. The van der Waals surface area contributed by atoms with Crippen LogP contribution in [0.3, 0.4) is 0 Å². The molecule has 2 N–H and O–H groups in total. The summed E-state index contributed by atoms with van der Waals surface area (Å²) in [6.45, 7) is 0.167. The number of hydrogen-bond acceptors (Lipinski definition) is 4. The molecular weight excluding hydrogens is 413 g/mol. The van der Waals surface area contributed by atoms with Crippen LogP contribution in [-0.2, 0) is 11.3 Å². The Hall–Kier alpha value is -3.23. The molecule has 0 bridgehead atoms. The first-order chi connectivity index (χ1) is 14.7. The zero-order valence-corrected chi connectivity index (χ0v) is 16.9. The van der Waals surface area contributed by atoms with Crippen LogP contribution in [0.15, 0.2) is 48.5 Å². The minimum atomic E-state index is -4.75. The van der Waals surface area contributed by atoms with Gasteiger partial charge < -0.3 is 20.1 Å². The summed E-state index contributed by atoms with van der Waals surface area (Å²) in [7, 11) is 1.54. The van der Waals surface area contributed by atoms with Gasteiger partial charge in [0.1, 0.15) is 11.5 Å². The van der Waals surface area contributed by atoms with Gasteiger partial charge in [0.05, 0.1) is 13.0 Å². The van der Waals surface area contributed by atoms with E-state index in [-0.39, 0.29) is 36.1 Å². The number of halogens is 3. The minimum absolute atomic E-state index is 0.167. The van der Waals surface area contributed by atoms with Crippen LogP contribution >= 0.6 is 0 Å². The van der Waals surface area contributed by atoms with Gasteiger partial charge in [-0.2, -0.15) is 0 Å². The molecule has 0 aromatic heterocycles. The Kier molecular flexibility index (Phi) is 7.04. The van der Waals surface area contributed by atoms with Gasteiger partial charge in [0.25, 0.3) is 5.91 Å². The van der Waals surface area contributed by atoms with Crippen molar-refractivity contribution in [2.75, 3.05) is 7.11 Å². The van der Waals surface area contributed by atoms with Crippen molar-refractivity contribution >= 4 is 11.8 Å². The van der Waals surface area contributed by atoms with Crippen LogP contribution in [0.5, 0.6) is 11.5 Å². The molecular formula is C22H23F3N2O4. The number of ether oxygens (including phenoxy) is 2. The first-order valence-corrected chi connectivity index (χ1v) is 9.82. The van der Waals surface area contributed by atoms with E-state index in [0.717, 1.165) is 6.42 Å². The van der Waals surface area contributed by atoms with Crippen molar-refractivity contribution in [2.24, 2.45) is 5.92 Å². The molecule has 2 aromatic carbocycles. The Morgan fingerprint density at radius 2 is 1.65 bits per heavy atom. The van der Waals surface area contributed by atoms with Gasteiger partial charge in [-0.1, -0.05) is 18.6 Å². The molecule has 3 rings (SSSR count). The lowest BCUT2D eigenvalue weighted by atomic mass is 10.0. The van der Waals surface area contributed by atoms with Crippen LogP contribution in [0.2, 0.25) is 0 Å². The van der Waals surface area contributed by atoms with Crippen LogP contribution in [0.1, 0.15) is 35.2 Å². The van der Waals surface area contributed by atoms with E-state index >= 15 is 0 Å². The second kappa shape index (κ2) is 9.72. The van der Waals surface area contributed by atoms with Gasteiger partial charge in [0.2, 0.25) is 5.91 Å². The second-order valence-electron chi connectivity index (χ2n) is 7.26. The molecule has 0 spiro atoms. The summed E-state index contributed by atoms with van der Waals surface area (Å²) in [5, 5.41) is 5.72. The molecule has 9 heteroatoms. The maximum absolute atomic E-state index is 12.6. The third kappa shape index (κ3) is 6.37. The first kappa shape index (κ1) is 22.5. The van der Waals surface area contributed by atoms with Crippen molar-refractivity contribution in [3.8, 4) is 11.5 Å². The number of benzene rings is 2. The maximum Gasteiger partial charge on any atom is 0.573 e. The summed E-state index contributed by atoms with van der Waals surface area (Å²) in [6.07, 6.45) is -2.58. The molecule has 2 atom stereocenters. The van der Waals surface area contributed by atoms with Gasteiger partial charge in [0, 0.05) is 18.2 Å². The van der Waals surface area contributed by atoms with Gasteiger partial charge >= 0.3 is 6.36 Å². The van der Waals surface area contributed by atoms with E-state index in [9.17, 15) is 22.8 Å². The summed E-state index contributed by atoms with van der Waals surface area (Å²) in [4.78, 5) is 25.1. The number of methoxy groups -OCH3 is 1. The molecule has 31 heavy (non-hydrogen) atoms. The highest BCUT2D eigenvalue weighted by Gasteiger charge is 2.34. The number of carbonyl (C=O) groups excluding carboxylic acids is 2. The average Bonchev–Trinajstić information content (AvgIpc) is 3.20. The Balaban J connectivity index is 1.52. The van der Waals surface area contributed by atoms with Crippen molar-refractivity contribution in [3.05, 3.63) is 59.7 Å². The van der Waals surface area contributed by atoms with Gasteiger partial charge in [0.15, 0.2) is 0 Å². The van der Waals surface area contributed by atoms with Gasteiger partial charge in [-0.05, 0) is 54.8 Å². The molecule has 0 heterocycles. The number of carbonyl (C=O) groups is 2. The predicted octanol–water partition coefficient (Wildman–Crippen LogP) is 3.81. The van der Waals surface area contributed by atoms with Crippen molar-refractivity contribution in [2.45, 2.75) is 38.2 Å². The lowest BCUT2D eigenvalue weighted by Crippen LogP contribution is -2.43. The summed E-state index contributed by atoms with van der Waals surface area (Å²) in [5.74, 6) is -0.497. The van der Waals surface area contributed by atoms with E-state index in [0.29, 0.717) is 29.7 Å². The summed E-state index contributed by atoms with van der Waals surface area (Å²) < 4.78 is 45.6. The number of alkyl halides is 3. The monoisotopic (exact) mass is 436 g/mol. The number of rotatable bonds is 7. The van der Waals surface area contributed by atoms with Crippen LogP contribution < -0.4 is 20.1 Å². The molecule has 1 aliphatic rings. The quantitative estimate of drug-likeness (QED) is 0.692. The Morgan fingerprint density at radius 1 is 1.00 bits per heavy atom. The fraction of sp³-hybridized carbons (Fsp3) is 0.364. The Morgan fingerprint density at radius 3 is 2.26 bits per heavy atom. The zero-order valence-electron chi connectivity index (χ0n) is 16.9. The van der Waals surface area contributed by atoms with E-state index in [2.05, 4.69) is 15.4 Å². The highest BCUT2D eigenvalue weighted by Crippen LogP contribution is 2.27. The molecule has 166 valence electrons. The molecule has 0 unspecified atom stereocenters. The van der Waals surface area contributed by atoms with Gasteiger partial charge in [-0.15, -0.1) is 13.2 Å². The Labute approximate surface area is 177 Å². The highest BCUT2D eigenvalue weighted by molar-refractivity contribution is 5.95. The number of amides is 2. The van der Waals surface area contributed by atoms with Crippen LogP contribution in [0, 0.1) is 5.92 Å². The van der Waals surface area contributed by atoms with E-state index in [4.69, 9.17) is 4.74 Å². The number of nitrogens with one attached hydrogen (secondary N) is 2. The van der Waals surface area contributed by atoms with E-state index < -0.39 is 6.36 Å². The smallest absolute Gasteiger partial charge is 0.497 e. The zero-order chi connectivity index (χ0) is 22.4. The van der Waals surface area contributed by atoms with Gasteiger partial charge in [-0.25, -0.2) is 0 Å². The second-order valence-corrected chi connectivity index (χ2v) is 7.26. The molecule has 1 aliphatic carbocycles. The normalized spacial score (nSPS) is 18.3. The SMILES string of the molecule is COc1ccc(C(=O)N[C@@H]2CCC[C@@H]2C(=O)NCc2ccc(OC(F)(F)F)cc2)cc1. The fourth-order valence-electron chi connectivity index (χ4n) is 3.57. The lowest BCUT2D eigenvalue weighted by Gasteiger charge is -2.21. The number of hydrogen-bond donors (Lipinski definition) is 2. The minimum Gasteiger partial charge on any atom is -0.497 e. The third-order valence-corrected chi connectivity index (χ3v) is 5.15. The lowest BCUT2D eigenvalue weighted by molar-refractivity contribution is -0.274. The summed E-state index contributed by atoms with van der Waals surface area (Å²) in [6, 6.07) is 11.7. The highest BCUT2D eigenvalue weighted by atomic mass is 19.4. The van der Waals surface area contributed by atoms with Gasteiger partial charge in [-0.3, -0.25) is 9.59 Å². The molecule has 0 aliphatic heterocycles. The molecule has 1 fully saturated rings. The van der Waals surface area contributed by atoms with Crippen molar-refractivity contribution in [3.63, 3.8) is 0 Å². The third-order valence-electron chi connectivity index (χ3n) is 5.15. The topological polar surface area (TPSA) is 76.7 Å². The fourth-order valence-corrected chi connectivity index (χ4v) is 3.57. The van der Waals surface area contributed by atoms with Crippen LogP contribution in [-0.4, -0.2) is 31.3 Å².